The smallest absolute Gasteiger partial charge is 0.383 e. The Morgan fingerprint density at radius 2 is 1.85 bits per heavy atom. The van der Waals surface area contributed by atoms with E-state index in [-0.39, 0.29) is 5.02 Å². The molecule has 0 bridgehead atoms. The highest BCUT2D eigenvalue weighted by molar-refractivity contribution is 6.33. The van der Waals surface area contributed by atoms with E-state index in [9.17, 15) is 18.0 Å². The highest BCUT2D eigenvalue weighted by Crippen LogP contribution is 2.32. The number of rotatable bonds is 7. The SMILES string of the molecule is CC1CCN(CCNc2ccc(NC(=O)C=Cc3ccc(C(F)(F)F)cc3Cl)cc2Cl)CC1. The van der Waals surface area contributed by atoms with Gasteiger partial charge >= 0.3 is 6.18 Å². The number of amides is 1. The first-order chi connectivity index (χ1) is 15.6. The number of anilines is 2. The minimum atomic E-state index is -4.48. The van der Waals surface area contributed by atoms with Crippen LogP contribution < -0.4 is 10.6 Å². The van der Waals surface area contributed by atoms with Crippen molar-refractivity contribution in [1.29, 1.82) is 0 Å². The molecular weight excluding hydrogens is 474 g/mol. The molecule has 9 heteroatoms. The summed E-state index contributed by atoms with van der Waals surface area (Å²) in [6.45, 7) is 6.24. The number of nitrogens with zero attached hydrogens (tertiary/aromatic N) is 1. The Balaban J connectivity index is 1.51. The first kappa shape index (κ1) is 25.4. The van der Waals surface area contributed by atoms with Crippen LogP contribution in [0.15, 0.2) is 42.5 Å². The van der Waals surface area contributed by atoms with Gasteiger partial charge in [-0.15, -0.1) is 0 Å². The van der Waals surface area contributed by atoms with Gasteiger partial charge in [-0.3, -0.25) is 4.79 Å². The first-order valence-electron chi connectivity index (χ1n) is 10.7. The number of halogens is 5. The van der Waals surface area contributed by atoms with E-state index in [1.54, 1.807) is 18.2 Å². The van der Waals surface area contributed by atoms with Crippen LogP contribution in [0.3, 0.4) is 0 Å². The van der Waals surface area contributed by atoms with Gasteiger partial charge in [-0.25, -0.2) is 0 Å². The standard InChI is InChI=1S/C24H26Cl2F3N3O/c1-16-8-11-32(12-9-16)13-10-30-22-6-5-19(15-21(22)26)31-23(33)7-3-17-2-4-18(14-20(17)25)24(27,28)29/h2-7,14-16,30H,8-13H2,1H3,(H,31,33). The normalized spacial score (nSPS) is 15.7. The lowest BCUT2D eigenvalue weighted by Crippen LogP contribution is -2.36. The average Bonchev–Trinajstić information content (AvgIpc) is 2.75. The Morgan fingerprint density at radius 3 is 2.48 bits per heavy atom. The summed E-state index contributed by atoms with van der Waals surface area (Å²) in [7, 11) is 0. The van der Waals surface area contributed by atoms with Crippen LogP contribution in [0.25, 0.3) is 6.08 Å². The number of nitrogens with one attached hydrogen (secondary N) is 2. The van der Waals surface area contributed by atoms with E-state index >= 15 is 0 Å². The maximum atomic E-state index is 12.7. The van der Waals surface area contributed by atoms with Gasteiger partial charge in [-0.05, 0) is 73.8 Å². The van der Waals surface area contributed by atoms with Crippen LogP contribution in [0.4, 0.5) is 24.5 Å². The van der Waals surface area contributed by atoms with Gasteiger partial charge in [0.2, 0.25) is 5.91 Å². The zero-order chi connectivity index (χ0) is 24.0. The number of likely N-dealkylation sites (tertiary alicyclic amines) is 1. The van der Waals surface area contributed by atoms with Gasteiger partial charge in [0, 0.05) is 29.9 Å². The number of piperidine rings is 1. The van der Waals surface area contributed by atoms with Gasteiger partial charge < -0.3 is 15.5 Å². The second kappa shape index (κ2) is 11.3. The van der Waals surface area contributed by atoms with E-state index in [0.29, 0.717) is 16.3 Å². The third-order valence-corrected chi connectivity index (χ3v) is 6.24. The van der Waals surface area contributed by atoms with Crippen LogP contribution in [0, 0.1) is 5.92 Å². The lowest BCUT2D eigenvalue weighted by molar-refractivity contribution is -0.137. The first-order valence-corrected chi connectivity index (χ1v) is 11.5. The van der Waals surface area contributed by atoms with E-state index in [0.717, 1.165) is 49.9 Å². The summed E-state index contributed by atoms with van der Waals surface area (Å²) in [5.74, 6) is 0.343. The number of carbonyl (C=O) groups is 1. The molecule has 0 saturated carbocycles. The van der Waals surface area contributed by atoms with Crippen LogP contribution in [0.2, 0.25) is 10.0 Å². The second-order valence-corrected chi connectivity index (χ2v) is 9.02. The van der Waals surface area contributed by atoms with Crippen molar-refractivity contribution in [3.05, 3.63) is 63.6 Å². The van der Waals surface area contributed by atoms with Gasteiger partial charge in [0.25, 0.3) is 0 Å². The molecule has 33 heavy (non-hydrogen) atoms. The van der Waals surface area contributed by atoms with Crippen LogP contribution >= 0.6 is 23.2 Å². The largest absolute Gasteiger partial charge is 0.416 e. The molecule has 2 aromatic carbocycles. The number of hydrogen-bond donors (Lipinski definition) is 2. The third-order valence-electron chi connectivity index (χ3n) is 5.60. The zero-order valence-electron chi connectivity index (χ0n) is 18.2. The summed E-state index contributed by atoms with van der Waals surface area (Å²) >= 11 is 12.2. The van der Waals surface area contributed by atoms with Gasteiger partial charge in [0.05, 0.1) is 16.3 Å². The maximum Gasteiger partial charge on any atom is 0.416 e. The van der Waals surface area contributed by atoms with Crippen molar-refractivity contribution in [3.63, 3.8) is 0 Å². The summed E-state index contributed by atoms with van der Waals surface area (Å²) in [5, 5.41) is 6.39. The lowest BCUT2D eigenvalue weighted by Gasteiger charge is -2.30. The molecule has 1 aliphatic rings. The topological polar surface area (TPSA) is 44.4 Å². The molecule has 0 atom stereocenters. The fourth-order valence-corrected chi connectivity index (χ4v) is 4.05. The molecule has 0 unspecified atom stereocenters. The predicted molar refractivity (Wildman–Crippen MR) is 129 cm³/mol. The minimum absolute atomic E-state index is 0.0913. The Labute approximate surface area is 201 Å². The number of hydrogen-bond acceptors (Lipinski definition) is 3. The van der Waals surface area contributed by atoms with E-state index in [2.05, 4.69) is 22.5 Å². The van der Waals surface area contributed by atoms with Gasteiger partial charge in [0.1, 0.15) is 0 Å². The Hall–Kier alpha value is -2.22. The zero-order valence-corrected chi connectivity index (χ0v) is 19.7. The van der Waals surface area contributed by atoms with Crippen molar-refractivity contribution < 1.29 is 18.0 Å². The highest BCUT2D eigenvalue weighted by Gasteiger charge is 2.30. The summed E-state index contributed by atoms with van der Waals surface area (Å²) in [4.78, 5) is 14.6. The van der Waals surface area contributed by atoms with Crippen molar-refractivity contribution in [1.82, 2.24) is 4.90 Å². The minimum Gasteiger partial charge on any atom is -0.383 e. The summed E-state index contributed by atoms with van der Waals surface area (Å²) in [6, 6.07) is 8.14. The van der Waals surface area contributed by atoms with E-state index in [1.165, 1.54) is 31.1 Å². The van der Waals surface area contributed by atoms with Gasteiger partial charge in [-0.2, -0.15) is 13.2 Å². The fraction of sp³-hybridized carbons (Fsp3) is 0.375. The quantitative estimate of drug-likeness (QED) is 0.411. The fourth-order valence-electron chi connectivity index (χ4n) is 3.56. The predicted octanol–water partition coefficient (Wildman–Crippen LogP) is 6.81. The lowest BCUT2D eigenvalue weighted by atomic mass is 9.99. The summed E-state index contributed by atoms with van der Waals surface area (Å²) in [6.07, 6.45) is 0.545. The highest BCUT2D eigenvalue weighted by atomic mass is 35.5. The Kier molecular flexibility index (Phi) is 8.68. The monoisotopic (exact) mass is 499 g/mol. The Morgan fingerprint density at radius 1 is 1.12 bits per heavy atom. The van der Waals surface area contributed by atoms with E-state index < -0.39 is 17.6 Å². The second-order valence-electron chi connectivity index (χ2n) is 8.20. The molecule has 1 fully saturated rings. The van der Waals surface area contributed by atoms with Gasteiger partial charge in [0.15, 0.2) is 0 Å². The number of carbonyl (C=O) groups excluding carboxylic acids is 1. The summed E-state index contributed by atoms with van der Waals surface area (Å²) < 4.78 is 38.2. The summed E-state index contributed by atoms with van der Waals surface area (Å²) in [5.41, 5.74) is 0.749. The Bertz CT molecular complexity index is 1000. The van der Waals surface area contributed by atoms with Gasteiger partial charge in [-0.1, -0.05) is 36.2 Å². The van der Waals surface area contributed by atoms with Crippen LogP contribution in [-0.2, 0) is 11.0 Å². The van der Waals surface area contributed by atoms with Crippen molar-refractivity contribution in [2.24, 2.45) is 5.92 Å². The molecule has 0 radical (unpaired) electrons. The van der Waals surface area contributed by atoms with Crippen LogP contribution in [0.5, 0.6) is 0 Å². The molecule has 2 aromatic rings. The average molecular weight is 500 g/mol. The van der Waals surface area contributed by atoms with Crippen molar-refractivity contribution in [3.8, 4) is 0 Å². The number of benzene rings is 2. The van der Waals surface area contributed by atoms with Crippen molar-refractivity contribution >= 4 is 46.6 Å². The van der Waals surface area contributed by atoms with Crippen molar-refractivity contribution in [2.45, 2.75) is 25.9 Å². The third kappa shape index (κ3) is 7.66. The molecule has 178 valence electrons. The molecule has 1 saturated heterocycles. The molecule has 0 aromatic heterocycles. The van der Waals surface area contributed by atoms with E-state index in [1.807, 2.05) is 0 Å². The maximum absolute atomic E-state index is 12.7. The van der Waals surface area contributed by atoms with E-state index in [4.69, 9.17) is 23.2 Å². The van der Waals surface area contributed by atoms with Crippen LogP contribution in [-0.4, -0.2) is 37.0 Å². The molecule has 1 amide bonds. The molecule has 2 N–H and O–H groups in total. The molecule has 1 aliphatic heterocycles. The van der Waals surface area contributed by atoms with Crippen molar-refractivity contribution in [2.75, 3.05) is 36.8 Å². The molecule has 0 spiro atoms. The van der Waals surface area contributed by atoms with Crippen LogP contribution in [0.1, 0.15) is 30.9 Å². The molecule has 3 rings (SSSR count). The molecular formula is C24H26Cl2F3N3O. The molecule has 1 heterocycles. The molecule has 0 aliphatic carbocycles. The molecule has 4 nitrogen and oxygen atoms in total. The number of alkyl halides is 3.